The summed E-state index contributed by atoms with van der Waals surface area (Å²) in [7, 11) is 1.70. The lowest BCUT2D eigenvalue weighted by Gasteiger charge is -2.22. The van der Waals surface area contributed by atoms with Gasteiger partial charge in [0.15, 0.2) is 0 Å². The van der Waals surface area contributed by atoms with Gasteiger partial charge in [-0.15, -0.1) is 0 Å². The summed E-state index contributed by atoms with van der Waals surface area (Å²) in [4.78, 5) is 0. The summed E-state index contributed by atoms with van der Waals surface area (Å²) < 4.78 is 5.16. The minimum atomic E-state index is 0.445. The molecule has 2 atom stereocenters. The molecule has 0 aliphatic rings. The average Bonchev–Trinajstić information content (AvgIpc) is 2.35. The normalized spacial score (nSPS) is 14.5. The second-order valence-corrected chi connectivity index (χ2v) is 4.21. The second kappa shape index (κ2) is 6.54. The fourth-order valence-electron chi connectivity index (χ4n) is 1.75. The van der Waals surface area contributed by atoms with Gasteiger partial charge in [-0.3, -0.25) is 0 Å². The van der Waals surface area contributed by atoms with Crippen molar-refractivity contribution in [1.29, 1.82) is 0 Å². The minimum Gasteiger partial charge on any atom is -0.497 e. The zero-order valence-corrected chi connectivity index (χ0v) is 10.8. The summed E-state index contributed by atoms with van der Waals surface area (Å²) >= 11 is 0. The number of rotatable bonds is 6. The minimum absolute atomic E-state index is 0.445. The van der Waals surface area contributed by atoms with Crippen molar-refractivity contribution in [3.8, 4) is 5.75 Å². The van der Waals surface area contributed by atoms with Gasteiger partial charge in [-0.05, 0) is 37.5 Å². The molecule has 0 amide bonds. The molecule has 0 fully saturated rings. The van der Waals surface area contributed by atoms with Gasteiger partial charge in [0.1, 0.15) is 5.75 Å². The molecule has 0 saturated carbocycles. The van der Waals surface area contributed by atoms with Crippen molar-refractivity contribution in [2.24, 2.45) is 0 Å². The highest BCUT2D eigenvalue weighted by Crippen LogP contribution is 2.20. The Balaban J connectivity index is 2.70. The van der Waals surface area contributed by atoms with E-state index in [9.17, 15) is 0 Å². The smallest absolute Gasteiger partial charge is 0.118 e. The van der Waals surface area contributed by atoms with Crippen molar-refractivity contribution >= 4 is 0 Å². The number of hydrogen-bond acceptors (Lipinski definition) is 2. The van der Waals surface area contributed by atoms with E-state index in [2.05, 4.69) is 38.2 Å². The third-order valence-corrected chi connectivity index (χ3v) is 3.02. The number of ether oxygens (including phenoxy) is 1. The van der Waals surface area contributed by atoms with E-state index in [4.69, 9.17) is 4.74 Å². The fourth-order valence-corrected chi connectivity index (χ4v) is 1.75. The summed E-state index contributed by atoms with van der Waals surface area (Å²) in [6.07, 6.45) is 2.27. The summed E-state index contributed by atoms with van der Waals surface area (Å²) in [5.41, 5.74) is 1.34. The highest BCUT2D eigenvalue weighted by Gasteiger charge is 2.11. The van der Waals surface area contributed by atoms with Gasteiger partial charge in [-0.1, -0.05) is 26.0 Å². The molecule has 0 saturated heterocycles. The summed E-state index contributed by atoms with van der Waals surface area (Å²) in [5, 5.41) is 3.63. The van der Waals surface area contributed by atoms with E-state index in [-0.39, 0.29) is 0 Å². The molecule has 0 aromatic heterocycles. The SMILES string of the molecule is CCC(C)NC(CC)c1ccc(OC)cc1. The van der Waals surface area contributed by atoms with Crippen LogP contribution in [0.3, 0.4) is 0 Å². The molecule has 90 valence electrons. The first-order chi connectivity index (χ1) is 7.71. The Bertz CT molecular complexity index is 294. The number of benzene rings is 1. The Labute approximate surface area is 99.0 Å². The Hall–Kier alpha value is -1.02. The van der Waals surface area contributed by atoms with Crippen LogP contribution in [0.5, 0.6) is 5.75 Å². The first-order valence-corrected chi connectivity index (χ1v) is 6.11. The van der Waals surface area contributed by atoms with Crippen LogP contribution in [0.2, 0.25) is 0 Å². The molecule has 0 aliphatic carbocycles. The molecule has 0 spiro atoms. The highest BCUT2D eigenvalue weighted by atomic mass is 16.5. The third-order valence-electron chi connectivity index (χ3n) is 3.02. The van der Waals surface area contributed by atoms with E-state index in [0.29, 0.717) is 12.1 Å². The largest absolute Gasteiger partial charge is 0.497 e. The summed E-state index contributed by atoms with van der Waals surface area (Å²) in [6, 6.07) is 9.34. The predicted molar refractivity (Wildman–Crippen MR) is 68.9 cm³/mol. The Morgan fingerprint density at radius 1 is 1.12 bits per heavy atom. The van der Waals surface area contributed by atoms with Crippen LogP contribution in [0.1, 0.15) is 45.2 Å². The van der Waals surface area contributed by atoms with Gasteiger partial charge in [0, 0.05) is 12.1 Å². The van der Waals surface area contributed by atoms with Gasteiger partial charge in [0.25, 0.3) is 0 Å². The zero-order valence-electron chi connectivity index (χ0n) is 10.8. The van der Waals surface area contributed by atoms with Gasteiger partial charge in [-0.25, -0.2) is 0 Å². The molecule has 0 bridgehead atoms. The lowest BCUT2D eigenvalue weighted by molar-refractivity contribution is 0.412. The van der Waals surface area contributed by atoms with E-state index in [1.165, 1.54) is 5.56 Å². The van der Waals surface area contributed by atoms with Gasteiger partial charge in [0.2, 0.25) is 0 Å². The van der Waals surface area contributed by atoms with Crippen LogP contribution in [0.4, 0.5) is 0 Å². The molecule has 1 aromatic rings. The molecule has 1 aromatic carbocycles. The van der Waals surface area contributed by atoms with Gasteiger partial charge in [0.05, 0.1) is 7.11 Å². The Morgan fingerprint density at radius 3 is 2.19 bits per heavy atom. The first kappa shape index (κ1) is 13.0. The number of nitrogens with one attached hydrogen (secondary N) is 1. The van der Waals surface area contributed by atoms with Crippen LogP contribution < -0.4 is 10.1 Å². The van der Waals surface area contributed by atoms with Gasteiger partial charge < -0.3 is 10.1 Å². The molecule has 1 N–H and O–H groups in total. The molecule has 2 nitrogen and oxygen atoms in total. The van der Waals surface area contributed by atoms with Crippen LogP contribution >= 0.6 is 0 Å². The summed E-state index contributed by atoms with van der Waals surface area (Å²) in [6.45, 7) is 6.65. The van der Waals surface area contributed by atoms with E-state index < -0.39 is 0 Å². The zero-order chi connectivity index (χ0) is 12.0. The maximum absolute atomic E-state index is 5.16. The molecule has 2 unspecified atom stereocenters. The van der Waals surface area contributed by atoms with Crippen molar-refractivity contribution in [3.05, 3.63) is 29.8 Å². The maximum Gasteiger partial charge on any atom is 0.118 e. The third kappa shape index (κ3) is 3.53. The van der Waals surface area contributed by atoms with Crippen LogP contribution in [-0.2, 0) is 0 Å². The van der Waals surface area contributed by atoms with Gasteiger partial charge in [-0.2, -0.15) is 0 Å². The van der Waals surface area contributed by atoms with Gasteiger partial charge >= 0.3 is 0 Å². The van der Waals surface area contributed by atoms with Crippen LogP contribution in [0.15, 0.2) is 24.3 Å². The Kier molecular flexibility index (Phi) is 5.33. The first-order valence-electron chi connectivity index (χ1n) is 6.11. The number of hydrogen-bond donors (Lipinski definition) is 1. The molecular formula is C14H23NO. The van der Waals surface area contributed by atoms with E-state index >= 15 is 0 Å². The fraction of sp³-hybridized carbons (Fsp3) is 0.571. The lowest BCUT2D eigenvalue weighted by atomic mass is 10.0. The van der Waals surface area contributed by atoms with E-state index in [1.807, 2.05) is 12.1 Å². The highest BCUT2D eigenvalue weighted by molar-refractivity contribution is 5.29. The van der Waals surface area contributed by atoms with E-state index in [0.717, 1.165) is 18.6 Å². The monoisotopic (exact) mass is 221 g/mol. The van der Waals surface area contributed by atoms with Crippen LogP contribution in [0, 0.1) is 0 Å². The molecule has 0 aliphatic heterocycles. The topological polar surface area (TPSA) is 21.3 Å². The average molecular weight is 221 g/mol. The van der Waals surface area contributed by atoms with E-state index in [1.54, 1.807) is 7.11 Å². The molecule has 1 rings (SSSR count). The van der Waals surface area contributed by atoms with Crippen molar-refractivity contribution in [3.63, 3.8) is 0 Å². The van der Waals surface area contributed by atoms with Crippen molar-refractivity contribution < 1.29 is 4.74 Å². The maximum atomic E-state index is 5.16. The predicted octanol–water partition coefficient (Wildman–Crippen LogP) is 3.53. The molecule has 16 heavy (non-hydrogen) atoms. The van der Waals surface area contributed by atoms with Crippen LogP contribution in [0.25, 0.3) is 0 Å². The van der Waals surface area contributed by atoms with Crippen molar-refractivity contribution in [2.45, 2.75) is 45.7 Å². The summed E-state index contributed by atoms with van der Waals surface area (Å²) in [5.74, 6) is 0.919. The standard InChI is InChI=1S/C14H23NO/c1-5-11(3)15-14(6-2)12-7-9-13(16-4)10-8-12/h7-11,14-15H,5-6H2,1-4H3. The quantitative estimate of drug-likeness (QED) is 0.793. The molecule has 0 radical (unpaired) electrons. The second-order valence-electron chi connectivity index (χ2n) is 4.21. The molecule has 0 heterocycles. The number of methoxy groups -OCH3 is 1. The van der Waals surface area contributed by atoms with Crippen LogP contribution in [-0.4, -0.2) is 13.2 Å². The molecule has 2 heteroatoms. The van der Waals surface area contributed by atoms with Crippen molar-refractivity contribution in [1.82, 2.24) is 5.32 Å². The van der Waals surface area contributed by atoms with Crippen molar-refractivity contribution in [2.75, 3.05) is 7.11 Å². The lowest BCUT2D eigenvalue weighted by Crippen LogP contribution is -2.29. The Morgan fingerprint density at radius 2 is 1.75 bits per heavy atom. The molecular weight excluding hydrogens is 198 g/mol.